The monoisotopic (exact) mass is 554 g/mol. The molecule has 0 aromatic heterocycles. The van der Waals surface area contributed by atoms with Gasteiger partial charge in [-0.05, 0) is 21.8 Å². The van der Waals surface area contributed by atoms with E-state index in [2.05, 4.69) is 88.4 Å². The van der Waals surface area contributed by atoms with Gasteiger partial charge in [-0.2, -0.15) is 0 Å². The molecule has 0 radical (unpaired) electrons. The van der Waals surface area contributed by atoms with Crippen molar-refractivity contribution in [3.63, 3.8) is 0 Å². The summed E-state index contributed by atoms with van der Waals surface area (Å²) in [5, 5.41) is 13.1. The average molecular weight is 555 g/mol. The van der Waals surface area contributed by atoms with Gasteiger partial charge in [0.2, 0.25) is 0 Å². The van der Waals surface area contributed by atoms with E-state index in [-0.39, 0.29) is 11.6 Å². The Morgan fingerprint density at radius 1 is 0.615 bits per heavy atom. The van der Waals surface area contributed by atoms with Crippen molar-refractivity contribution in [1.82, 2.24) is 0 Å². The summed E-state index contributed by atoms with van der Waals surface area (Å²) in [6, 6.07) is 21.2. The lowest BCUT2D eigenvalue weighted by Gasteiger charge is -2.43. The SMILES string of the molecule is CCCCCCCCCCCCCCCCOC[C@@H](O)CO[Si](c1ccccc1)(c1ccccc1)C(C)(C)C. The van der Waals surface area contributed by atoms with Crippen LogP contribution in [0.2, 0.25) is 5.04 Å². The maximum absolute atomic E-state index is 10.8. The molecule has 0 unspecified atom stereocenters. The Morgan fingerprint density at radius 3 is 1.44 bits per heavy atom. The summed E-state index contributed by atoms with van der Waals surface area (Å²) in [5.41, 5.74) is 0. The fourth-order valence-electron chi connectivity index (χ4n) is 5.65. The zero-order valence-electron chi connectivity index (χ0n) is 25.6. The van der Waals surface area contributed by atoms with E-state index in [0.29, 0.717) is 13.2 Å². The van der Waals surface area contributed by atoms with Gasteiger partial charge in [0.15, 0.2) is 0 Å². The topological polar surface area (TPSA) is 38.7 Å². The zero-order valence-corrected chi connectivity index (χ0v) is 26.6. The third kappa shape index (κ3) is 12.3. The van der Waals surface area contributed by atoms with E-state index in [1.54, 1.807) is 0 Å². The molecule has 0 aliphatic carbocycles. The van der Waals surface area contributed by atoms with Gasteiger partial charge in [-0.1, -0.05) is 172 Å². The normalized spacial score (nSPS) is 13.1. The van der Waals surface area contributed by atoms with E-state index in [1.165, 1.54) is 93.8 Å². The van der Waals surface area contributed by atoms with E-state index >= 15 is 0 Å². The fraction of sp³-hybridized carbons (Fsp3) is 0.657. The van der Waals surface area contributed by atoms with Crippen LogP contribution in [-0.4, -0.2) is 39.3 Å². The van der Waals surface area contributed by atoms with Crippen molar-refractivity contribution >= 4 is 18.7 Å². The van der Waals surface area contributed by atoms with Gasteiger partial charge in [-0.15, -0.1) is 0 Å². The standard InChI is InChI=1S/C35H58O3Si/c1-5-6-7-8-9-10-11-12-13-14-15-16-17-24-29-37-30-32(36)31-38-39(35(2,3)4,33-25-20-18-21-26-33)34-27-22-19-23-28-34/h18-23,25-28,32,36H,5-17,24,29-31H2,1-4H3/t32-/m1/s1. The molecule has 0 amide bonds. The van der Waals surface area contributed by atoms with Crippen LogP contribution in [0.4, 0.5) is 0 Å². The molecule has 1 N–H and O–H groups in total. The first kappa shape index (κ1) is 33.7. The second-order valence-electron chi connectivity index (χ2n) is 12.3. The Bertz CT molecular complexity index is 794. The number of aliphatic hydroxyl groups is 1. The summed E-state index contributed by atoms with van der Waals surface area (Å²) in [5.74, 6) is 0. The highest BCUT2D eigenvalue weighted by Gasteiger charge is 2.50. The highest BCUT2D eigenvalue weighted by molar-refractivity contribution is 6.99. The van der Waals surface area contributed by atoms with Crippen molar-refractivity contribution in [2.45, 2.75) is 129 Å². The molecule has 3 nitrogen and oxygen atoms in total. The molecule has 0 saturated carbocycles. The van der Waals surface area contributed by atoms with Gasteiger partial charge in [0, 0.05) is 6.61 Å². The van der Waals surface area contributed by atoms with Crippen LogP contribution in [-0.2, 0) is 9.16 Å². The van der Waals surface area contributed by atoms with Crippen LogP contribution >= 0.6 is 0 Å². The van der Waals surface area contributed by atoms with Crippen LogP contribution in [0.1, 0.15) is 118 Å². The molecule has 4 heteroatoms. The van der Waals surface area contributed by atoms with Crippen LogP contribution in [0.3, 0.4) is 0 Å². The Labute approximate surface area is 241 Å². The van der Waals surface area contributed by atoms with Gasteiger partial charge < -0.3 is 14.3 Å². The average Bonchev–Trinajstić information content (AvgIpc) is 2.93. The summed E-state index contributed by atoms with van der Waals surface area (Å²) >= 11 is 0. The molecule has 0 fully saturated rings. The lowest BCUT2D eigenvalue weighted by atomic mass is 10.0. The molecule has 0 aliphatic rings. The molecule has 0 saturated heterocycles. The third-order valence-electron chi connectivity index (χ3n) is 7.86. The Morgan fingerprint density at radius 2 is 1.03 bits per heavy atom. The van der Waals surface area contributed by atoms with Gasteiger partial charge in [0.05, 0.1) is 19.3 Å². The van der Waals surface area contributed by atoms with Gasteiger partial charge in [0.1, 0.15) is 0 Å². The summed E-state index contributed by atoms with van der Waals surface area (Å²) in [6.45, 7) is 10.4. The highest BCUT2D eigenvalue weighted by Crippen LogP contribution is 2.36. The van der Waals surface area contributed by atoms with Crippen molar-refractivity contribution in [3.8, 4) is 0 Å². The minimum atomic E-state index is -2.62. The lowest BCUT2D eigenvalue weighted by Crippen LogP contribution is -2.67. The Hall–Kier alpha value is -1.46. The summed E-state index contributed by atoms with van der Waals surface area (Å²) in [6.07, 6.45) is 18.3. The second-order valence-corrected chi connectivity index (χ2v) is 16.6. The number of rotatable bonds is 22. The van der Waals surface area contributed by atoms with Crippen molar-refractivity contribution in [3.05, 3.63) is 60.7 Å². The zero-order chi connectivity index (χ0) is 28.2. The predicted octanol–water partition coefficient (Wildman–Crippen LogP) is 8.42. The molecule has 0 heterocycles. The molecule has 2 rings (SSSR count). The quantitative estimate of drug-likeness (QED) is 0.117. The minimum absolute atomic E-state index is 0.0927. The molecule has 2 aromatic carbocycles. The predicted molar refractivity (Wildman–Crippen MR) is 171 cm³/mol. The maximum atomic E-state index is 10.8. The maximum Gasteiger partial charge on any atom is 0.261 e. The molecular weight excluding hydrogens is 496 g/mol. The number of benzene rings is 2. The van der Waals surface area contributed by atoms with Crippen LogP contribution in [0.15, 0.2) is 60.7 Å². The third-order valence-corrected chi connectivity index (χ3v) is 12.9. The van der Waals surface area contributed by atoms with Gasteiger partial charge in [-0.25, -0.2) is 0 Å². The molecule has 0 bridgehead atoms. The first-order chi connectivity index (χ1) is 18.9. The van der Waals surface area contributed by atoms with Crippen molar-refractivity contribution in [2.75, 3.05) is 19.8 Å². The number of hydrogen-bond acceptors (Lipinski definition) is 3. The number of hydrogen-bond donors (Lipinski definition) is 1. The van der Waals surface area contributed by atoms with Crippen molar-refractivity contribution < 1.29 is 14.3 Å². The van der Waals surface area contributed by atoms with Crippen LogP contribution in [0, 0.1) is 0 Å². The molecule has 2 aromatic rings. The summed E-state index contributed by atoms with van der Waals surface area (Å²) in [7, 11) is -2.62. The van der Waals surface area contributed by atoms with E-state index < -0.39 is 14.4 Å². The lowest BCUT2D eigenvalue weighted by molar-refractivity contribution is 0.00890. The Balaban J connectivity index is 1.64. The number of unbranched alkanes of at least 4 members (excludes halogenated alkanes) is 13. The largest absolute Gasteiger partial charge is 0.405 e. The molecular formula is C35H58O3Si. The first-order valence-corrected chi connectivity index (χ1v) is 17.8. The molecule has 1 atom stereocenters. The number of aliphatic hydroxyl groups excluding tert-OH is 1. The van der Waals surface area contributed by atoms with E-state index in [9.17, 15) is 5.11 Å². The molecule has 39 heavy (non-hydrogen) atoms. The van der Waals surface area contributed by atoms with Crippen LogP contribution in [0.5, 0.6) is 0 Å². The summed E-state index contributed by atoms with van der Waals surface area (Å²) in [4.78, 5) is 0. The van der Waals surface area contributed by atoms with Gasteiger partial charge in [0.25, 0.3) is 8.32 Å². The van der Waals surface area contributed by atoms with E-state index in [0.717, 1.165) is 6.42 Å². The minimum Gasteiger partial charge on any atom is -0.405 e. The molecule has 0 spiro atoms. The first-order valence-electron chi connectivity index (χ1n) is 15.9. The molecule has 0 aliphatic heterocycles. The van der Waals surface area contributed by atoms with Crippen molar-refractivity contribution in [2.24, 2.45) is 0 Å². The smallest absolute Gasteiger partial charge is 0.261 e. The van der Waals surface area contributed by atoms with Crippen LogP contribution < -0.4 is 10.4 Å². The van der Waals surface area contributed by atoms with E-state index in [4.69, 9.17) is 9.16 Å². The highest BCUT2D eigenvalue weighted by atomic mass is 28.4. The summed E-state index contributed by atoms with van der Waals surface area (Å²) < 4.78 is 12.7. The second kappa shape index (κ2) is 19.6. The number of ether oxygens (including phenoxy) is 1. The Kier molecular flexibility index (Phi) is 16.9. The van der Waals surface area contributed by atoms with Gasteiger partial charge >= 0.3 is 0 Å². The molecule has 220 valence electrons. The van der Waals surface area contributed by atoms with Crippen molar-refractivity contribution in [1.29, 1.82) is 0 Å². The van der Waals surface area contributed by atoms with E-state index in [1.807, 2.05) is 0 Å². The van der Waals surface area contributed by atoms with Gasteiger partial charge in [-0.3, -0.25) is 0 Å². The van der Waals surface area contributed by atoms with Crippen LogP contribution in [0.25, 0.3) is 0 Å². The fourth-order valence-corrected chi connectivity index (χ4v) is 10.2.